The lowest BCUT2D eigenvalue weighted by Crippen LogP contribution is -2.01. The van der Waals surface area contributed by atoms with Crippen molar-refractivity contribution < 1.29 is 0 Å². The fourth-order valence-electron chi connectivity index (χ4n) is 0.966. The molecule has 0 aliphatic carbocycles. The largest absolute Gasteiger partial charge is 0.252 e. The van der Waals surface area contributed by atoms with E-state index in [9.17, 15) is 0 Å². The third kappa shape index (κ3) is 1.71. The maximum Gasteiger partial charge on any atom is 0.252 e. The van der Waals surface area contributed by atoms with Gasteiger partial charge in [0.15, 0.2) is 0 Å². The molecule has 0 spiro atoms. The second kappa shape index (κ2) is 3.67. The van der Waals surface area contributed by atoms with Crippen LogP contribution in [0.2, 0.25) is 0 Å². The summed E-state index contributed by atoms with van der Waals surface area (Å²) in [4.78, 5) is 11.8. The van der Waals surface area contributed by atoms with E-state index in [1.54, 1.807) is 18.5 Å². The molecule has 2 aromatic rings. The van der Waals surface area contributed by atoms with Crippen molar-refractivity contribution in [3.63, 3.8) is 0 Å². The Kier molecular flexibility index (Phi) is 2.21. The summed E-state index contributed by atoms with van der Waals surface area (Å²) in [5.74, 6) is 0.459. The molecule has 0 saturated carbocycles. The van der Waals surface area contributed by atoms with Crippen molar-refractivity contribution in [2.24, 2.45) is 0 Å². The highest BCUT2D eigenvalue weighted by Crippen LogP contribution is 2.01. The fraction of sp³-hybridized carbons (Fsp3) is 0. The first kappa shape index (κ1) is 9.02. The maximum absolute atomic E-state index is 8.54. The quantitative estimate of drug-likeness (QED) is 0.704. The van der Waals surface area contributed by atoms with Crippen LogP contribution in [0.25, 0.3) is 12.0 Å². The highest BCUT2D eigenvalue weighted by molar-refractivity contribution is 5.43. The molecule has 72 valence electrons. The van der Waals surface area contributed by atoms with E-state index in [0.29, 0.717) is 5.95 Å². The standard InChI is InChI=1S/C9H6N6/c1-2-7-4-11-9(12-5-7)15-6-13-8(3-10)14-15/h2,4-6H,1H2. The van der Waals surface area contributed by atoms with E-state index >= 15 is 0 Å². The predicted octanol–water partition coefficient (Wildman–Crippen LogP) is 0.572. The molecule has 0 N–H and O–H groups in total. The normalized spacial score (nSPS) is 9.53. The smallest absolute Gasteiger partial charge is 0.219 e. The van der Waals surface area contributed by atoms with Gasteiger partial charge >= 0.3 is 0 Å². The van der Waals surface area contributed by atoms with Crippen LogP contribution in [0.15, 0.2) is 25.3 Å². The van der Waals surface area contributed by atoms with Crippen molar-refractivity contribution in [2.75, 3.05) is 0 Å². The second-order valence-corrected chi connectivity index (χ2v) is 2.65. The van der Waals surface area contributed by atoms with E-state index < -0.39 is 0 Å². The Morgan fingerprint density at radius 1 is 1.33 bits per heavy atom. The third-order valence-corrected chi connectivity index (χ3v) is 1.69. The Balaban J connectivity index is 2.37. The van der Waals surface area contributed by atoms with Gasteiger partial charge in [0.2, 0.25) is 0 Å². The molecule has 2 heterocycles. The number of aromatic nitrogens is 5. The summed E-state index contributed by atoms with van der Waals surface area (Å²) in [6.07, 6.45) is 6.26. The molecular weight excluding hydrogens is 192 g/mol. The van der Waals surface area contributed by atoms with Crippen molar-refractivity contribution in [3.05, 3.63) is 36.7 Å². The Morgan fingerprint density at radius 2 is 2.07 bits per heavy atom. The monoisotopic (exact) mass is 198 g/mol. The van der Waals surface area contributed by atoms with E-state index in [4.69, 9.17) is 5.26 Å². The molecule has 0 aliphatic heterocycles. The first-order valence-corrected chi connectivity index (χ1v) is 4.10. The van der Waals surface area contributed by atoms with Crippen LogP contribution in [-0.4, -0.2) is 24.7 Å². The molecule has 0 radical (unpaired) electrons. The van der Waals surface area contributed by atoms with Gasteiger partial charge in [-0.25, -0.2) is 15.0 Å². The molecule has 0 fully saturated rings. The summed E-state index contributed by atoms with van der Waals surface area (Å²) in [6.45, 7) is 3.59. The molecule has 0 atom stereocenters. The van der Waals surface area contributed by atoms with Gasteiger partial charge in [-0.1, -0.05) is 12.7 Å². The first-order valence-electron chi connectivity index (χ1n) is 4.10. The Morgan fingerprint density at radius 3 is 2.60 bits per heavy atom. The Labute approximate surface area is 85.6 Å². The number of hydrogen-bond donors (Lipinski definition) is 0. The molecule has 6 nitrogen and oxygen atoms in total. The van der Waals surface area contributed by atoms with Crippen molar-refractivity contribution >= 4 is 6.08 Å². The molecule has 0 amide bonds. The molecule has 0 aromatic carbocycles. The maximum atomic E-state index is 8.54. The summed E-state index contributed by atoms with van der Waals surface area (Å²) in [5, 5.41) is 12.4. The van der Waals surface area contributed by atoms with Crippen molar-refractivity contribution in [2.45, 2.75) is 0 Å². The summed E-state index contributed by atoms with van der Waals surface area (Å²) in [7, 11) is 0. The van der Waals surface area contributed by atoms with Crippen LogP contribution >= 0.6 is 0 Å². The minimum absolute atomic E-state index is 0.0893. The second-order valence-electron chi connectivity index (χ2n) is 2.65. The van der Waals surface area contributed by atoms with Gasteiger partial charge in [-0.05, 0) is 0 Å². The number of hydrogen-bond acceptors (Lipinski definition) is 5. The van der Waals surface area contributed by atoms with Gasteiger partial charge in [-0.15, -0.1) is 5.10 Å². The average Bonchev–Trinajstić information content (AvgIpc) is 2.78. The summed E-state index contributed by atoms with van der Waals surface area (Å²) < 4.78 is 1.34. The van der Waals surface area contributed by atoms with E-state index in [2.05, 4.69) is 26.6 Å². The van der Waals surface area contributed by atoms with Gasteiger partial charge in [0.1, 0.15) is 12.4 Å². The molecule has 2 rings (SSSR count). The van der Waals surface area contributed by atoms with Crippen molar-refractivity contribution in [1.29, 1.82) is 5.26 Å². The molecule has 2 aromatic heterocycles. The number of rotatable bonds is 2. The van der Waals surface area contributed by atoms with E-state index in [1.807, 2.05) is 6.07 Å². The fourth-order valence-corrected chi connectivity index (χ4v) is 0.966. The van der Waals surface area contributed by atoms with Crippen LogP contribution in [0.5, 0.6) is 0 Å². The van der Waals surface area contributed by atoms with Gasteiger partial charge in [-0.2, -0.15) is 9.94 Å². The van der Waals surface area contributed by atoms with Crippen LogP contribution in [0.4, 0.5) is 0 Å². The average molecular weight is 198 g/mol. The SMILES string of the molecule is C=Cc1cnc(-n2cnc(C#N)n2)nc1. The molecule has 0 saturated heterocycles. The van der Waals surface area contributed by atoms with E-state index in [0.717, 1.165) is 5.56 Å². The molecular formula is C9H6N6. The highest BCUT2D eigenvalue weighted by atomic mass is 15.4. The van der Waals surface area contributed by atoms with Gasteiger partial charge < -0.3 is 0 Å². The lowest BCUT2D eigenvalue weighted by atomic mass is 10.3. The van der Waals surface area contributed by atoms with E-state index in [-0.39, 0.29) is 5.82 Å². The van der Waals surface area contributed by atoms with Gasteiger partial charge in [0.25, 0.3) is 11.8 Å². The van der Waals surface area contributed by atoms with Gasteiger partial charge in [0.05, 0.1) is 0 Å². The zero-order chi connectivity index (χ0) is 10.7. The zero-order valence-electron chi connectivity index (χ0n) is 7.70. The van der Waals surface area contributed by atoms with Crippen molar-refractivity contribution in [1.82, 2.24) is 24.7 Å². The minimum atomic E-state index is 0.0893. The van der Waals surface area contributed by atoms with Gasteiger partial charge in [-0.3, -0.25) is 0 Å². The minimum Gasteiger partial charge on any atom is -0.219 e. The first-order chi connectivity index (χ1) is 7.33. The molecule has 15 heavy (non-hydrogen) atoms. The van der Waals surface area contributed by atoms with Crippen LogP contribution < -0.4 is 0 Å². The van der Waals surface area contributed by atoms with E-state index in [1.165, 1.54) is 11.0 Å². The van der Waals surface area contributed by atoms with Crippen LogP contribution in [0.3, 0.4) is 0 Å². The summed E-state index contributed by atoms with van der Waals surface area (Å²) in [5.41, 5.74) is 0.819. The van der Waals surface area contributed by atoms with Crippen molar-refractivity contribution in [3.8, 4) is 12.0 Å². The predicted molar refractivity (Wildman–Crippen MR) is 51.8 cm³/mol. The Bertz CT molecular complexity index is 518. The highest BCUT2D eigenvalue weighted by Gasteiger charge is 2.03. The molecule has 0 unspecified atom stereocenters. The summed E-state index contributed by atoms with van der Waals surface area (Å²) in [6, 6.07) is 1.82. The lowest BCUT2D eigenvalue weighted by molar-refractivity contribution is 0.802. The number of nitriles is 1. The topological polar surface area (TPSA) is 80.3 Å². The third-order valence-electron chi connectivity index (χ3n) is 1.69. The summed E-state index contributed by atoms with van der Waals surface area (Å²) >= 11 is 0. The number of nitrogens with zero attached hydrogens (tertiary/aromatic N) is 6. The molecule has 6 heteroatoms. The molecule has 0 bridgehead atoms. The zero-order valence-corrected chi connectivity index (χ0v) is 7.70. The Hall–Kier alpha value is -2.55. The van der Waals surface area contributed by atoms with Crippen LogP contribution in [-0.2, 0) is 0 Å². The van der Waals surface area contributed by atoms with Gasteiger partial charge in [0, 0.05) is 18.0 Å². The lowest BCUT2D eigenvalue weighted by Gasteiger charge is -1.97. The van der Waals surface area contributed by atoms with Crippen LogP contribution in [0, 0.1) is 11.3 Å². The molecule has 0 aliphatic rings. The van der Waals surface area contributed by atoms with Crippen LogP contribution in [0.1, 0.15) is 11.4 Å².